The van der Waals surface area contributed by atoms with Gasteiger partial charge >= 0.3 is 0 Å². The summed E-state index contributed by atoms with van der Waals surface area (Å²) in [6.07, 6.45) is 0.642. The van der Waals surface area contributed by atoms with E-state index in [-0.39, 0.29) is 11.2 Å². The number of hydrogen-bond acceptors (Lipinski definition) is 5. The Balaban J connectivity index is 2.03. The summed E-state index contributed by atoms with van der Waals surface area (Å²) in [7, 11) is 0. The smallest absolute Gasteiger partial charge is 0.222 e. The summed E-state index contributed by atoms with van der Waals surface area (Å²) in [4.78, 5) is 18.2. The van der Waals surface area contributed by atoms with Gasteiger partial charge in [0.1, 0.15) is 5.82 Å². The highest BCUT2D eigenvalue weighted by Gasteiger charge is 2.33. The molecule has 0 bridgehead atoms. The summed E-state index contributed by atoms with van der Waals surface area (Å²) in [6.45, 7) is 5.93. The van der Waals surface area contributed by atoms with Gasteiger partial charge in [0.15, 0.2) is 0 Å². The molecule has 0 spiro atoms. The molecule has 0 radical (unpaired) electrons. The summed E-state index contributed by atoms with van der Waals surface area (Å²) >= 11 is 6.11. The fraction of sp³-hybridized carbons (Fsp3) is 0.263. The van der Waals surface area contributed by atoms with Crippen LogP contribution >= 0.6 is 11.6 Å². The van der Waals surface area contributed by atoms with E-state index in [0.717, 1.165) is 51.0 Å². The highest BCUT2D eigenvalue weighted by atomic mass is 35.5. The van der Waals surface area contributed by atoms with Gasteiger partial charge in [-0.05, 0) is 50.1 Å². The zero-order valence-electron chi connectivity index (χ0n) is 14.3. The van der Waals surface area contributed by atoms with Crippen LogP contribution in [0.15, 0.2) is 24.3 Å². The first-order valence-corrected chi connectivity index (χ1v) is 8.54. The molecule has 2 N–H and O–H groups in total. The van der Waals surface area contributed by atoms with Gasteiger partial charge < -0.3 is 5.73 Å². The number of halogens is 1. The first kappa shape index (κ1) is 16.0. The SMILES string of the molecule is Cc1nc(C)c2c(n1)Cc1nc(Cl)nc(C)c1C2c1ccc(N)cc1. The Morgan fingerprint density at radius 3 is 2.16 bits per heavy atom. The van der Waals surface area contributed by atoms with Crippen LogP contribution in [0, 0.1) is 20.8 Å². The van der Waals surface area contributed by atoms with Crippen molar-refractivity contribution in [2.45, 2.75) is 33.1 Å². The average molecular weight is 352 g/mol. The molecule has 1 aliphatic rings. The highest BCUT2D eigenvalue weighted by Crippen LogP contribution is 2.42. The standard InChI is InChI=1S/C19H18ClN5/c1-9-16-14(24-11(3)22-9)8-15-17(10(2)23-19(20)25-15)18(16)12-4-6-13(21)7-5-12/h4-7,18H,8,21H2,1-3H3. The highest BCUT2D eigenvalue weighted by molar-refractivity contribution is 6.28. The lowest BCUT2D eigenvalue weighted by molar-refractivity contribution is 0.764. The van der Waals surface area contributed by atoms with Crippen LogP contribution < -0.4 is 5.73 Å². The molecule has 3 aromatic rings. The normalized spacial score (nSPS) is 15.6. The van der Waals surface area contributed by atoms with E-state index in [1.54, 1.807) is 0 Å². The van der Waals surface area contributed by atoms with Crippen molar-refractivity contribution in [2.24, 2.45) is 0 Å². The van der Waals surface area contributed by atoms with Gasteiger partial charge in [-0.3, -0.25) is 0 Å². The van der Waals surface area contributed by atoms with E-state index in [1.165, 1.54) is 0 Å². The minimum Gasteiger partial charge on any atom is -0.399 e. The molecular formula is C19H18ClN5. The molecule has 0 saturated carbocycles. The third-order valence-electron chi connectivity index (χ3n) is 4.70. The van der Waals surface area contributed by atoms with Gasteiger partial charge in [-0.1, -0.05) is 12.1 Å². The van der Waals surface area contributed by atoms with Gasteiger partial charge in [-0.15, -0.1) is 0 Å². The summed E-state index contributed by atoms with van der Waals surface area (Å²) in [5.41, 5.74) is 13.8. The number of fused-ring (bicyclic) bond motifs is 2. The van der Waals surface area contributed by atoms with Crippen LogP contribution in [-0.2, 0) is 6.42 Å². The van der Waals surface area contributed by atoms with Crippen molar-refractivity contribution in [1.82, 2.24) is 19.9 Å². The Labute approximate surface area is 151 Å². The van der Waals surface area contributed by atoms with Crippen molar-refractivity contribution in [3.63, 3.8) is 0 Å². The van der Waals surface area contributed by atoms with E-state index in [1.807, 2.05) is 45.0 Å². The number of benzene rings is 1. The Bertz CT molecular complexity index is 925. The van der Waals surface area contributed by atoms with Crippen LogP contribution in [0.2, 0.25) is 5.28 Å². The fourth-order valence-electron chi connectivity index (χ4n) is 3.74. The molecule has 0 amide bonds. The summed E-state index contributed by atoms with van der Waals surface area (Å²) in [5, 5.41) is 0.276. The topological polar surface area (TPSA) is 77.6 Å². The third kappa shape index (κ3) is 2.65. The van der Waals surface area contributed by atoms with E-state index in [4.69, 9.17) is 17.3 Å². The zero-order chi connectivity index (χ0) is 17.7. The first-order valence-electron chi connectivity index (χ1n) is 8.16. The number of nitrogens with zero attached hydrogens (tertiary/aromatic N) is 4. The number of nitrogens with two attached hydrogens (primary N) is 1. The minimum absolute atomic E-state index is 0.0165. The fourth-order valence-corrected chi connectivity index (χ4v) is 3.97. The van der Waals surface area contributed by atoms with Crippen LogP contribution in [0.25, 0.3) is 0 Å². The van der Waals surface area contributed by atoms with Gasteiger partial charge in [0, 0.05) is 40.5 Å². The summed E-state index contributed by atoms with van der Waals surface area (Å²) < 4.78 is 0. The van der Waals surface area contributed by atoms with Crippen molar-refractivity contribution in [1.29, 1.82) is 0 Å². The van der Waals surface area contributed by atoms with E-state index in [2.05, 4.69) is 19.9 Å². The number of rotatable bonds is 1. The lowest BCUT2D eigenvalue weighted by Crippen LogP contribution is -2.22. The second-order valence-electron chi connectivity index (χ2n) is 6.43. The predicted octanol–water partition coefficient (Wildman–Crippen LogP) is 3.51. The van der Waals surface area contributed by atoms with Gasteiger partial charge in [0.25, 0.3) is 0 Å². The monoisotopic (exact) mass is 351 g/mol. The number of nitrogen functional groups attached to an aromatic ring is 1. The minimum atomic E-state index is -0.0165. The maximum atomic E-state index is 6.11. The van der Waals surface area contributed by atoms with Crippen molar-refractivity contribution >= 4 is 17.3 Å². The van der Waals surface area contributed by atoms with Crippen molar-refractivity contribution in [3.05, 3.63) is 74.8 Å². The maximum Gasteiger partial charge on any atom is 0.222 e. The molecular weight excluding hydrogens is 334 g/mol. The molecule has 1 aromatic carbocycles. The number of anilines is 1. The lowest BCUT2D eigenvalue weighted by Gasteiger charge is -2.30. The van der Waals surface area contributed by atoms with Gasteiger partial charge in [-0.25, -0.2) is 19.9 Å². The Morgan fingerprint density at radius 2 is 1.48 bits per heavy atom. The van der Waals surface area contributed by atoms with E-state index in [0.29, 0.717) is 6.42 Å². The third-order valence-corrected chi connectivity index (χ3v) is 4.87. The van der Waals surface area contributed by atoms with Crippen molar-refractivity contribution in [3.8, 4) is 0 Å². The van der Waals surface area contributed by atoms with Gasteiger partial charge in [-0.2, -0.15) is 0 Å². The van der Waals surface area contributed by atoms with Crippen LogP contribution in [0.4, 0.5) is 5.69 Å². The zero-order valence-corrected chi connectivity index (χ0v) is 15.1. The first-order chi connectivity index (χ1) is 11.9. The Hall–Kier alpha value is -2.53. The molecule has 0 aliphatic heterocycles. The van der Waals surface area contributed by atoms with Crippen LogP contribution in [0.5, 0.6) is 0 Å². The number of aromatic nitrogens is 4. The molecule has 25 heavy (non-hydrogen) atoms. The van der Waals surface area contributed by atoms with Gasteiger partial charge in [0.05, 0.1) is 11.4 Å². The summed E-state index contributed by atoms with van der Waals surface area (Å²) in [6, 6.07) is 7.93. The van der Waals surface area contributed by atoms with Crippen LogP contribution in [0.1, 0.15) is 51.2 Å². The Kier molecular flexibility index (Phi) is 3.69. The molecule has 4 rings (SSSR count). The summed E-state index contributed by atoms with van der Waals surface area (Å²) in [5.74, 6) is 0.754. The Morgan fingerprint density at radius 1 is 0.880 bits per heavy atom. The second kappa shape index (κ2) is 5.77. The lowest BCUT2D eigenvalue weighted by atomic mass is 9.77. The van der Waals surface area contributed by atoms with E-state index in [9.17, 15) is 0 Å². The van der Waals surface area contributed by atoms with E-state index >= 15 is 0 Å². The van der Waals surface area contributed by atoms with Crippen molar-refractivity contribution < 1.29 is 0 Å². The average Bonchev–Trinajstić information content (AvgIpc) is 2.53. The molecule has 1 atom stereocenters. The molecule has 2 aromatic heterocycles. The van der Waals surface area contributed by atoms with Crippen LogP contribution in [0.3, 0.4) is 0 Å². The van der Waals surface area contributed by atoms with E-state index < -0.39 is 0 Å². The molecule has 1 aliphatic carbocycles. The molecule has 0 fully saturated rings. The number of hydrogen-bond donors (Lipinski definition) is 1. The van der Waals surface area contributed by atoms with Gasteiger partial charge in [0.2, 0.25) is 5.28 Å². The molecule has 2 heterocycles. The molecule has 0 saturated heterocycles. The second-order valence-corrected chi connectivity index (χ2v) is 6.77. The quantitative estimate of drug-likeness (QED) is 0.419. The maximum absolute atomic E-state index is 6.11. The molecule has 6 heteroatoms. The molecule has 1 unspecified atom stereocenters. The van der Waals surface area contributed by atoms with Crippen LogP contribution in [-0.4, -0.2) is 19.9 Å². The molecule has 126 valence electrons. The molecule has 5 nitrogen and oxygen atoms in total. The largest absolute Gasteiger partial charge is 0.399 e. The predicted molar refractivity (Wildman–Crippen MR) is 97.9 cm³/mol. The number of aryl methyl sites for hydroxylation is 3. The van der Waals surface area contributed by atoms with Crippen molar-refractivity contribution in [2.75, 3.05) is 5.73 Å².